The Morgan fingerprint density at radius 2 is 2.04 bits per heavy atom. The van der Waals surface area contributed by atoms with Gasteiger partial charge in [0.25, 0.3) is 0 Å². The highest BCUT2D eigenvalue weighted by Crippen LogP contribution is 2.47. The molecule has 0 aliphatic carbocycles. The molecule has 5 heteroatoms. The molecule has 0 bridgehead atoms. The first-order valence-electron chi connectivity index (χ1n) is 8.02. The van der Waals surface area contributed by atoms with Crippen LogP contribution in [0, 0.1) is 0 Å². The monoisotopic (exact) mass is 329 g/mol. The van der Waals surface area contributed by atoms with Gasteiger partial charge < -0.3 is 15.3 Å². The number of benzene rings is 1. The molecule has 0 fully saturated rings. The highest BCUT2D eigenvalue weighted by atomic mass is 32.2. The molecule has 0 saturated heterocycles. The van der Waals surface area contributed by atoms with Crippen molar-refractivity contribution in [2.24, 2.45) is 0 Å². The van der Waals surface area contributed by atoms with Gasteiger partial charge in [-0.25, -0.2) is 4.98 Å². The van der Waals surface area contributed by atoms with E-state index >= 15 is 0 Å². The lowest BCUT2D eigenvalue weighted by molar-refractivity contribution is 0.199. The van der Waals surface area contributed by atoms with Gasteiger partial charge in [-0.1, -0.05) is 31.7 Å². The molecule has 0 spiro atoms. The van der Waals surface area contributed by atoms with Crippen LogP contribution in [0.15, 0.2) is 46.3 Å². The zero-order chi connectivity index (χ0) is 16.4. The minimum absolute atomic E-state index is 0.452. The number of pyridine rings is 1. The van der Waals surface area contributed by atoms with Crippen LogP contribution in [0.2, 0.25) is 0 Å². The van der Waals surface area contributed by atoms with Crippen molar-refractivity contribution in [1.29, 1.82) is 0 Å². The fourth-order valence-corrected chi connectivity index (χ4v) is 3.80. The molecule has 2 N–H and O–H groups in total. The van der Waals surface area contributed by atoms with Gasteiger partial charge in [0.05, 0.1) is 16.7 Å². The SMILES string of the molecule is CC(C)NCCN1c2ccc(C(C)O)cc2Sc2cccnc21. The van der Waals surface area contributed by atoms with Crippen molar-refractivity contribution in [3.05, 3.63) is 42.1 Å². The van der Waals surface area contributed by atoms with Crippen LogP contribution in [0.5, 0.6) is 0 Å². The van der Waals surface area contributed by atoms with E-state index in [-0.39, 0.29) is 0 Å². The lowest BCUT2D eigenvalue weighted by Crippen LogP contribution is -2.34. The van der Waals surface area contributed by atoms with Crippen LogP contribution in [-0.2, 0) is 0 Å². The zero-order valence-electron chi connectivity index (χ0n) is 13.8. The van der Waals surface area contributed by atoms with Crippen LogP contribution in [0.4, 0.5) is 11.5 Å². The van der Waals surface area contributed by atoms with E-state index in [0.717, 1.165) is 35.1 Å². The lowest BCUT2D eigenvalue weighted by Gasteiger charge is -2.32. The van der Waals surface area contributed by atoms with Crippen molar-refractivity contribution in [3.8, 4) is 0 Å². The standard InChI is InChI=1S/C18H23N3OS/c1-12(2)19-9-10-21-15-7-6-14(13(3)22)11-17(15)23-16-5-4-8-20-18(16)21/h4-8,11-13,19,22H,9-10H2,1-3H3. The Hall–Kier alpha value is -1.56. The van der Waals surface area contributed by atoms with Crippen molar-refractivity contribution >= 4 is 23.3 Å². The van der Waals surface area contributed by atoms with Crippen LogP contribution in [-0.4, -0.2) is 29.2 Å². The van der Waals surface area contributed by atoms with Gasteiger partial charge in [-0.05, 0) is 36.8 Å². The van der Waals surface area contributed by atoms with Crippen LogP contribution in [0.1, 0.15) is 32.4 Å². The highest BCUT2D eigenvalue weighted by molar-refractivity contribution is 7.99. The molecule has 1 aliphatic rings. The molecule has 3 rings (SSSR count). The maximum absolute atomic E-state index is 9.84. The molecule has 2 aromatic rings. The molecule has 122 valence electrons. The van der Waals surface area contributed by atoms with Crippen molar-refractivity contribution in [3.63, 3.8) is 0 Å². The Bertz CT molecular complexity index is 688. The van der Waals surface area contributed by atoms with Gasteiger partial charge in [-0.3, -0.25) is 0 Å². The fraction of sp³-hybridized carbons (Fsp3) is 0.389. The first kappa shape index (κ1) is 16.3. The number of hydrogen-bond acceptors (Lipinski definition) is 5. The van der Waals surface area contributed by atoms with E-state index in [4.69, 9.17) is 0 Å². The molecule has 0 radical (unpaired) electrons. The Labute approximate surface area is 141 Å². The normalized spacial score (nSPS) is 14.6. The lowest BCUT2D eigenvalue weighted by atomic mass is 10.1. The van der Waals surface area contributed by atoms with E-state index in [1.54, 1.807) is 18.7 Å². The molecule has 1 unspecified atom stereocenters. The minimum atomic E-state index is -0.452. The number of rotatable bonds is 5. The van der Waals surface area contributed by atoms with Gasteiger partial charge >= 0.3 is 0 Å². The second kappa shape index (κ2) is 6.91. The van der Waals surface area contributed by atoms with E-state index in [1.807, 2.05) is 18.3 Å². The summed E-state index contributed by atoms with van der Waals surface area (Å²) in [7, 11) is 0. The van der Waals surface area contributed by atoms with Gasteiger partial charge in [-0.15, -0.1) is 0 Å². The molecule has 23 heavy (non-hydrogen) atoms. The van der Waals surface area contributed by atoms with E-state index in [1.165, 1.54) is 4.90 Å². The molecular formula is C18H23N3OS. The molecule has 2 heterocycles. The number of aliphatic hydroxyl groups excluding tert-OH is 1. The van der Waals surface area contributed by atoms with Crippen molar-refractivity contribution in [1.82, 2.24) is 10.3 Å². The van der Waals surface area contributed by atoms with Crippen LogP contribution in [0.25, 0.3) is 0 Å². The third-order valence-electron chi connectivity index (χ3n) is 3.87. The number of hydrogen-bond donors (Lipinski definition) is 2. The number of anilines is 2. The summed E-state index contributed by atoms with van der Waals surface area (Å²) < 4.78 is 0. The number of nitrogens with zero attached hydrogens (tertiary/aromatic N) is 2. The van der Waals surface area contributed by atoms with Crippen LogP contribution < -0.4 is 10.2 Å². The highest BCUT2D eigenvalue weighted by Gasteiger charge is 2.24. The summed E-state index contributed by atoms with van der Waals surface area (Å²) in [6, 6.07) is 10.7. The minimum Gasteiger partial charge on any atom is -0.389 e. The quantitative estimate of drug-likeness (QED) is 0.875. The van der Waals surface area contributed by atoms with Crippen molar-refractivity contribution in [2.75, 3.05) is 18.0 Å². The largest absolute Gasteiger partial charge is 0.389 e. The summed E-state index contributed by atoms with van der Waals surface area (Å²) >= 11 is 1.72. The summed E-state index contributed by atoms with van der Waals surface area (Å²) in [5.41, 5.74) is 2.11. The molecule has 1 aromatic heterocycles. The van der Waals surface area contributed by atoms with E-state index in [9.17, 15) is 5.11 Å². The summed E-state index contributed by atoms with van der Waals surface area (Å²) in [5, 5.41) is 13.3. The number of nitrogens with one attached hydrogen (secondary N) is 1. The Morgan fingerprint density at radius 1 is 1.22 bits per heavy atom. The van der Waals surface area contributed by atoms with Gasteiger partial charge in [0.2, 0.25) is 0 Å². The van der Waals surface area contributed by atoms with E-state index < -0.39 is 6.10 Å². The average Bonchev–Trinajstić information content (AvgIpc) is 2.53. The first-order valence-corrected chi connectivity index (χ1v) is 8.83. The van der Waals surface area contributed by atoms with Crippen molar-refractivity contribution < 1.29 is 5.11 Å². The first-order chi connectivity index (χ1) is 11.1. The van der Waals surface area contributed by atoms with Gasteiger partial charge in [0.1, 0.15) is 5.82 Å². The topological polar surface area (TPSA) is 48.4 Å². The summed E-state index contributed by atoms with van der Waals surface area (Å²) in [4.78, 5) is 9.18. The third kappa shape index (κ3) is 3.52. The van der Waals surface area contributed by atoms with Crippen LogP contribution in [0.3, 0.4) is 0 Å². The third-order valence-corrected chi connectivity index (χ3v) is 4.96. The summed E-state index contributed by atoms with van der Waals surface area (Å²) in [6.45, 7) is 7.87. The molecule has 1 aliphatic heterocycles. The summed E-state index contributed by atoms with van der Waals surface area (Å²) in [6.07, 6.45) is 1.39. The molecule has 1 atom stereocenters. The number of aliphatic hydroxyl groups is 1. The van der Waals surface area contributed by atoms with Crippen molar-refractivity contribution in [2.45, 2.75) is 42.7 Å². The predicted molar refractivity (Wildman–Crippen MR) is 95.6 cm³/mol. The van der Waals surface area contributed by atoms with E-state index in [0.29, 0.717) is 6.04 Å². The molecule has 0 saturated carbocycles. The second-order valence-electron chi connectivity index (χ2n) is 6.09. The predicted octanol–water partition coefficient (Wildman–Crippen LogP) is 3.74. The van der Waals surface area contributed by atoms with E-state index in [2.05, 4.69) is 47.2 Å². The van der Waals surface area contributed by atoms with Crippen LogP contribution >= 0.6 is 11.8 Å². The smallest absolute Gasteiger partial charge is 0.147 e. The molecular weight excluding hydrogens is 306 g/mol. The molecule has 4 nitrogen and oxygen atoms in total. The maximum atomic E-state index is 9.84. The Balaban J connectivity index is 1.94. The number of aromatic nitrogens is 1. The second-order valence-corrected chi connectivity index (χ2v) is 7.17. The maximum Gasteiger partial charge on any atom is 0.147 e. The summed E-state index contributed by atoms with van der Waals surface area (Å²) in [5.74, 6) is 1.01. The fourth-order valence-electron chi connectivity index (χ4n) is 2.68. The zero-order valence-corrected chi connectivity index (χ0v) is 14.6. The Kier molecular flexibility index (Phi) is 4.90. The molecule has 0 amide bonds. The van der Waals surface area contributed by atoms with Gasteiger partial charge in [0, 0.05) is 30.2 Å². The number of fused-ring (bicyclic) bond motifs is 2. The molecule has 1 aromatic carbocycles. The average molecular weight is 329 g/mol. The van der Waals surface area contributed by atoms with Gasteiger partial charge in [-0.2, -0.15) is 0 Å². The van der Waals surface area contributed by atoms with Gasteiger partial charge in [0.15, 0.2) is 0 Å². The Morgan fingerprint density at radius 3 is 2.78 bits per heavy atom.